The molecule has 136 valence electrons. The molecule has 3 rings (SSSR count). The van der Waals surface area contributed by atoms with Gasteiger partial charge in [-0.2, -0.15) is 0 Å². The summed E-state index contributed by atoms with van der Waals surface area (Å²) in [6, 6.07) is 15.9. The highest BCUT2D eigenvalue weighted by molar-refractivity contribution is 7.91. The molecule has 1 aromatic heterocycles. The minimum absolute atomic E-state index is 0. The second kappa shape index (κ2) is 7.31. The standard InChI is InChI=1S/C18H17N3O2S2.CH4/c1-11-5-2-3-8-14(11)12-6-4-7-13(9-12)25(22,23)16-10-15(17(19)20)24-18(16)21;/h2-10H,21H2,1H3,(H3,19,20);1H4. The molecule has 2 aromatic carbocycles. The summed E-state index contributed by atoms with van der Waals surface area (Å²) in [6.45, 7) is 1.98. The van der Waals surface area contributed by atoms with Crippen LogP contribution in [-0.2, 0) is 9.84 Å². The SMILES string of the molecule is C.Cc1ccccc1-c1cccc(S(=O)(=O)c2cc(C(=N)N)sc2N)c1. The zero-order valence-electron chi connectivity index (χ0n) is 13.5. The lowest BCUT2D eigenvalue weighted by Crippen LogP contribution is -2.08. The Kier molecular flexibility index (Phi) is 5.53. The molecule has 0 amide bonds. The van der Waals surface area contributed by atoms with Crippen LogP contribution in [-0.4, -0.2) is 14.3 Å². The third kappa shape index (κ3) is 3.49. The van der Waals surface area contributed by atoms with Gasteiger partial charge in [-0.05, 0) is 41.8 Å². The maximum Gasteiger partial charge on any atom is 0.209 e. The average molecular weight is 388 g/mol. The van der Waals surface area contributed by atoms with E-state index in [0.717, 1.165) is 28.0 Å². The first kappa shape index (κ1) is 19.7. The highest BCUT2D eigenvalue weighted by Gasteiger charge is 2.24. The molecule has 0 saturated heterocycles. The third-order valence-corrected chi connectivity index (χ3v) is 6.80. The fraction of sp³-hybridized carbons (Fsp3) is 0.105. The topological polar surface area (TPSA) is 110 Å². The molecule has 7 heteroatoms. The van der Waals surface area contributed by atoms with Crippen LogP contribution >= 0.6 is 11.3 Å². The predicted octanol–water partition coefficient (Wildman–Crippen LogP) is 4.06. The van der Waals surface area contributed by atoms with E-state index in [0.29, 0.717) is 4.88 Å². The Hall–Kier alpha value is -2.64. The van der Waals surface area contributed by atoms with Gasteiger partial charge in [0.25, 0.3) is 0 Å². The van der Waals surface area contributed by atoms with Crippen molar-refractivity contribution in [2.75, 3.05) is 5.73 Å². The molecule has 0 unspecified atom stereocenters. The first-order valence-electron chi connectivity index (χ1n) is 7.45. The fourth-order valence-electron chi connectivity index (χ4n) is 2.59. The van der Waals surface area contributed by atoms with Crippen molar-refractivity contribution >= 4 is 32.0 Å². The maximum atomic E-state index is 13.0. The Morgan fingerprint density at radius 2 is 1.77 bits per heavy atom. The molecular weight excluding hydrogens is 366 g/mol. The Morgan fingerprint density at radius 1 is 1.08 bits per heavy atom. The van der Waals surface area contributed by atoms with Crippen molar-refractivity contribution in [3.05, 3.63) is 65.0 Å². The molecule has 0 bridgehead atoms. The average Bonchev–Trinajstić information content (AvgIpc) is 2.98. The molecular formula is C19H21N3O2S2. The summed E-state index contributed by atoms with van der Waals surface area (Å²) in [4.78, 5) is 0.489. The van der Waals surface area contributed by atoms with Gasteiger partial charge in [0.15, 0.2) is 0 Å². The van der Waals surface area contributed by atoms with E-state index in [1.165, 1.54) is 6.07 Å². The summed E-state index contributed by atoms with van der Waals surface area (Å²) in [5, 5.41) is 7.59. The first-order valence-corrected chi connectivity index (χ1v) is 9.75. The number of hydrogen-bond acceptors (Lipinski definition) is 5. The van der Waals surface area contributed by atoms with Gasteiger partial charge in [0.2, 0.25) is 9.84 Å². The van der Waals surface area contributed by atoms with E-state index >= 15 is 0 Å². The van der Waals surface area contributed by atoms with Crippen molar-refractivity contribution in [1.29, 1.82) is 5.41 Å². The number of anilines is 1. The number of nitrogens with one attached hydrogen (secondary N) is 1. The number of nitrogens with two attached hydrogens (primary N) is 2. The summed E-state index contributed by atoms with van der Waals surface area (Å²) in [7, 11) is -3.79. The van der Waals surface area contributed by atoms with Crippen molar-refractivity contribution in [3.63, 3.8) is 0 Å². The van der Waals surface area contributed by atoms with E-state index in [1.807, 2.05) is 37.3 Å². The third-order valence-electron chi connectivity index (χ3n) is 3.88. The fourth-order valence-corrected chi connectivity index (χ4v) is 5.13. The second-order valence-corrected chi connectivity index (χ2v) is 8.60. The number of hydrogen-bond donors (Lipinski definition) is 3. The first-order chi connectivity index (χ1) is 11.8. The lowest BCUT2D eigenvalue weighted by atomic mass is 10.0. The van der Waals surface area contributed by atoms with Gasteiger partial charge in [-0.3, -0.25) is 5.41 Å². The molecule has 0 radical (unpaired) electrons. The van der Waals surface area contributed by atoms with Crippen LogP contribution in [0.4, 0.5) is 5.00 Å². The lowest BCUT2D eigenvalue weighted by molar-refractivity contribution is 0.597. The largest absolute Gasteiger partial charge is 0.389 e. The number of thiophene rings is 1. The summed E-state index contributed by atoms with van der Waals surface area (Å²) >= 11 is 0.996. The summed E-state index contributed by atoms with van der Waals surface area (Å²) in [6.07, 6.45) is 0. The molecule has 0 spiro atoms. The van der Waals surface area contributed by atoms with Crippen LogP contribution in [0.25, 0.3) is 11.1 Å². The maximum absolute atomic E-state index is 13.0. The van der Waals surface area contributed by atoms with Gasteiger partial charge in [0.1, 0.15) is 15.7 Å². The van der Waals surface area contributed by atoms with Gasteiger partial charge < -0.3 is 11.5 Å². The van der Waals surface area contributed by atoms with E-state index < -0.39 is 9.84 Å². The Labute approximate surface area is 157 Å². The second-order valence-electron chi connectivity index (χ2n) is 5.60. The number of nitrogen functional groups attached to an aromatic ring is 2. The van der Waals surface area contributed by atoms with Gasteiger partial charge in [-0.15, -0.1) is 11.3 Å². The monoisotopic (exact) mass is 387 g/mol. The van der Waals surface area contributed by atoms with Crippen LogP contribution in [0.2, 0.25) is 0 Å². The summed E-state index contributed by atoms with van der Waals surface area (Å²) < 4.78 is 25.9. The lowest BCUT2D eigenvalue weighted by Gasteiger charge is -2.09. The quantitative estimate of drug-likeness (QED) is 0.463. The van der Waals surface area contributed by atoms with Gasteiger partial charge >= 0.3 is 0 Å². The molecule has 0 saturated carbocycles. The highest BCUT2D eigenvalue weighted by Crippen LogP contribution is 2.34. The van der Waals surface area contributed by atoms with Crippen molar-refractivity contribution in [2.24, 2.45) is 5.73 Å². The molecule has 5 nitrogen and oxygen atoms in total. The number of sulfone groups is 1. The summed E-state index contributed by atoms with van der Waals surface area (Å²) in [5.74, 6) is -0.202. The van der Waals surface area contributed by atoms with Gasteiger partial charge in [-0.1, -0.05) is 43.8 Å². The number of benzene rings is 2. The minimum atomic E-state index is -3.79. The van der Waals surface area contributed by atoms with E-state index in [4.69, 9.17) is 16.9 Å². The number of amidine groups is 1. The zero-order valence-corrected chi connectivity index (χ0v) is 15.1. The van der Waals surface area contributed by atoms with E-state index in [2.05, 4.69) is 0 Å². The summed E-state index contributed by atoms with van der Waals surface area (Å²) in [5.41, 5.74) is 14.2. The van der Waals surface area contributed by atoms with Crippen LogP contribution in [0.3, 0.4) is 0 Å². The molecule has 1 heterocycles. The normalized spacial score (nSPS) is 11.0. The molecule has 0 fully saturated rings. The van der Waals surface area contributed by atoms with Gasteiger partial charge in [0.05, 0.1) is 9.77 Å². The van der Waals surface area contributed by atoms with Crippen LogP contribution in [0.5, 0.6) is 0 Å². The van der Waals surface area contributed by atoms with Crippen LogP contribution in [0.1, 0.15) is 17.9 Å². The Morgan fingerprint density at radius 3 is 2.38 bits per heavy atom. The smallest absolute Gasteiger partial charge is 0.209 e. The highest BCUT2D eigenvalue weighted by atomic mass is 32.2. The molecule has 0 aliphatic heterocycles. The van der Waals surface area contributed by atoms with Crippen LogP contribution in [0.15, 0.2) is 64.4 Å². The van der Waals surface area contributed by atoms with Crippen molar-refractivity contribution < 1.29 is 8.42 Å². The van der Waals surface area contributed by atoms with Crippen LogP contribution < -0.4 is 11.5 Å². The van der Waals surface area contributed by atoms with E-state index in [1.54, 1.807) is 18.2 Å². The van der Waals surface area contributed by atoms with Gasteiger partial charge in [-0.25, -0.2) is 8.42 Å². The molecule has 0 atom stereocenters. The predicted molar refractivity (Wildman–Crippen MR) is 109 cm³/mol. The minimum Gasteiger partial charge on any atom is -0.389 e. The van der Waals surface area contributed by atoms with E-state index in [-0.39, 0.29) is 28.1 Å². The molecule has 3 aromatic rings. The molecule has 5 N–H and O–H groups in total. The van der Waals surface area contributed by atoms with Crippen molar-refractivity contribution in [3.8, 4) is 11.1 Å². The molecule has 26 heavy (non-hydrogen) atoms. The zero-order chi connectivity index (χ0) is 18.2. The molecule has 0 aliphatic carbocycles. The number of aryl methyl sites for hydroxylation is 1. The van der Waals surface area contributed by atoms with Crippen molar-refractivity contribution in [1.82, 2.24) is 0 Å². The van der Waals surface area contributed by atoms with E-state index in [9.17, 15) is 8.42 Å². The van der Waals surface area contributed by atoms with Gasteiger partial charge in [0, 0.05) is 0 Å². The molecule has 0 aliphatic rings. The Bertz CT molecular complexity index is 1070. The number of rotatable bonds is 4. The van der Waals surface area contributed by atoms with Crippen LogP contribution in [0, 0.1) is 12.3 Å². The Balaban J connectivity index is 0.00000243. The van der Waals surface area contributed by atoms with Crippen molar-refractivity contribution in [2.45, 2.75) is 24.1 Å².